The fourth-order valence-electron chi connectivity index (χ4n) is 2.63. The number of nitrogens with two attached hydrogens (primary N) is 1. The Kier molecular flexibility index (Phi) is 3.70. The summed E-state index contributed by atoms with van der Waals surface area (Å²) >= 11 is 6.14. The summed E-state index contributed by atoms with van der Waals surface area (Å²) in [6, 6.07) is 14.3. The summed E-state index contributed by atoms with van der Waals surface area (Å²) in [5.74, 6) is 0.956. The highest BCUT2D eigenvalue weighted by Gasteiger charge is 2.15. The molecule has 2 aromatic carbocycles. The molecule has 4 heteroatoms. The van der Waals surface area contributed by atoms with E-state index in [0.29, 0.717) is 12.6 Å². The van der Waals surface area contributed by atoms with Crippen LogP contribution in [-0.2, 0) is 6.54 Å². The fraction of sp³-hybridized carbons (Fsp3) is 0.235. The van der Waals surface area contributed by atoms with Gasteiger partial charge in [0.25, 0.3) is 0 Å². The van der Waals surface area contributed by atoms with E-state index >= 15 is 0 Å². The first kappa shape index (κ1) is 14.1. The van der Waals surface area contributed by atoms with Crippen molar-refractivity contribution in [1.29, 1.82) is 0 Å². The minimum Gasteiger partial charge on any atom is -0.326 e. The first-order valence-electron chi connectivity index (χ1n) is 7.07. The van der Waals surface area contributed by atoms with Gasteiger partial charge in [0, 0.05) is 23.2 Å². The van der Waals surface area contributed by atoms with Crippen molar-refractivity contribution in [2.75, 3.05) is 0 Å². The SMILES string of the molecule is CC(C)n1c(-c2cccc(CN)c2)nc2ccc(Cl)cc21. The van der Waals surface area contributed by atoms with Crippen LogP contribution in [0, 0.1) is 0 Å². The zero-order chi connectivity index (χ0) is 15.0. The lowest BCUT2D eigenvalue weighted by Crippen LogP contribution is -2.04. The molecule has 0 saturated heterocycles. The van der Waals surface area contributed by atoms with E-state index in [1.807, 2.05) is 30.3 Å². The summed E-state index contributed by atoms with van der Waals surface area (Å²) in [5.41, 5.74) is 9.95. The van der Waals surface area contributed by atoms with Crippen LogP contribution in [0.4, 0.5) is 0 Å². The minimum absolute atomic E-state index is 0.296. The number of benzene rings is 2. The maximum absolute atomic E-state index is 6.14. The Hall–Kier alpha value is -1.84. The topological polar surface area (TPSA) is 43.8 Å². The molecule has 0 saturated carbocycles. The summed E-state index contributed by atoms with van der Waals surface area (Å²) in [6.07, 6.45) is 0. The molecule has 0 amide bonds. The second-order valence-corrected chi connectivity index (χ2v) is 5.87. The molecule has 0 aliphatic carbocycles. The highest BCUT2D eigenvalue weighted by Crippen LogP contribution is 2.30. The van der Waals surface area contributed by atoms with E-state index in [2.05, 4.69) is 30.5 Å². The molecular formula is C17H18ClN3. The average molecular weight is 300 g/mol. The first-order valence-corrected chi connectivity index (χ1v) is 7.45. The number of rotatable bonds is 3. The van der Waals surface area contributed by atoms with Gasteiger partial charge in [-0.3, -0.25) is 0 Å². The predicted molar refractivity (Wildman–Crippen MR) is 88.5 cm³/mol. The predicted octanol–water partition coefficient (Wildman–Crippen LogP) is 4.40. The third-order valence-corrected chi connectivity index (χ3v) is 3.82. The van der Waals surface area contributed by atoms with Crippen molar-refractivity contribution >= 4 is 22.6 Å². The Morgan fingerprint density at radius 1 is 1.19 bits per heavy atom. The highest BCUT2D eigenvalue weighted by atomic mass is 35.5. The van der Waals surface area contributed by atoms with Gasteiger partial charge < -0.3 is 10.3 Å². The third-order valence-electron chi connectivity index (χ3n) is 3.59. The van der Waals surface area contributed by atoms with Crippen LogP contribution in [-0.4, -0.2) is 9.55 Å². The second kappa shape index (κ2) is 5.51. The zero-order valence-electron chi connectivity index (χ0n) is 12.2. The Bertz CT molecular complexity index is 790. The molecule has 0 spiro atoms. The molecule has 3 nitrogen and oxygen atoms in total. The maximum atomic E-state index is 6.14. The molecule has 1 aromatic heterocycles. The quantitative estimate of drug-likeness (QED) is 0.779. The van der Waals surface area contributed by atoms with Gasteiger partial charge in [0.2, 0.25) is 0 Å². The van der Waals surface area contributed by atoms with Crippen molar-refractivity contribution in [3.63, 3.8) is 0 Å². The molecule has 108 valence electrons. The summed E-state index contributed by atoms with van der Waals surface area (Å²) in [4.78, 5) is 4.78. The number of nitrogens with zero attached hydrogens (tertiary/aromatic N) is 2. The van der Waals surface area contributed by atoms with Crippen LogP contribution >= 0.6 is 11.6 Å². The summed E-state index contributed by atoms with van der Waals surface area (Å²) in [6.45, 7) is 4.83. The zero-order valence-corrected chi connectivity index (χ0v) is 12.9. The largest absolute Gasteiger partial charge is 0.326 e. The molecule has 1 heterocycles. The molecule has 0 atom stereocenters. The molecule has 21 heavy (non-hydrogen) atoms. The number of imidazole rings is 1. The van der Waals surface area contributed by atoms with E-state index in [4.69, 9.17) is 22.3 Å². The number of hydrogen-bond donors (Lipinski definition) is 1. The van der Waals surface area contributed by atoms with E-state index in [0.717, 1.165) is 33.0 Å². The first-order chi connectivity index (χ1) is 10.1. The van der Waals surface area contributed by atoms with Crippen LogP contribution in [0.15, 0.2) is 42.5 Å². The van der Waals surface area contributed by atoms with Gasteiger partial charge in [-0.15, -0.1) is 0 Å². The molecule has 0 unspecified atom stereocenters. The lowest BCUT2D eigenvalue weighted by molar-refractivity contribution is 0.624. The van der Waals surface area contributed by atoms with Crippen molar-refractivity contribution in [3.8, 4) is 11.4 Å². The number of fused-ring (bicyclic) bond motifs is 1. The number of halogens is 1. The van der Waals surface area contributed by atoms with Gasteiger partial charge in [0.1, 0.15) is 5.82 Å². The molecule has 3 aromatic rings. The normalized spacial score (nSPS) is 11.5. The van der Waals surface area contributed by atoms with Crippen LogP contribution in [0.5, 0.6) is 0 Å². The standard InChI is InChI=1S/C17H18ClN3/c1-11(2)21-16-9-14(18)6-7-15(16)20-17(21)13-5-3-4-12(8-13)10-19/h3-9,11H,10,19H2,1-2H3. The van der Waals surface area contributed by atoms with Crippen LogP contribution in [0.3, 0.4) is 0 Å². The van der Waals surface area contributed by atoms with Crippen molar-refractivity contribution in [2.24, 2.45) is 5.73 Å². The van der Waals surface area contributed by atoms with E-state index in [9.17, 15) is 0 Å². The van der Waals surface area contributed by atoms with Crippen molar-refractivity contribution < 1.29 is 0 Å². The molecule has 0 fully saturated rings. The lowest BCUT2D eigenvalue weighted by atomic mass is 10.1. The van der Waals surface area contributed by atoms with Crippen LogP contribution < -0.4 is 5.73 Å². The van der Waals surface area contributed by atoms with E-state index in [1.54, 1.807) is 0 Å². The average Bonchev–Trinajstić information content (AvgIpc) is 2.86. The van der Waals surface area contributed by atoms with E-state index in [1.165, 1.54) is 0 Å². The molecule has 3 rings (SSSR count). The maximum Gasteiger partial charge on any atom is 0.141 e. The molecular weight excluding hydrogens is 282 g/mol. The minimum atomic E-state index is 0.296. The Labute approximate surface area is 129 Å². The van der Waals surface area contributed by atoms with Crippen molar-refractivity contribution in [2.45, 2.75) is 26.4 Å². The Morgan fingerprint density at radius 2 is 2.00 bits per heavy atom. The Morgan fingerprint density at radius 3 is 2.71 bits per heavy atom. The molecule has 0 bridgehead atoms. The van der Waals surface area contributed by atoms with Gasteiger partial charge in [-0.1, -0.05) is 29.8 Å². The van der Waals surface area contributed by atoms with Crippen molar-refractivity contribution in [3.05, 3.63) is 53.1 Å². The number of hydrogen-bond acceptors (Lipinski definition) is 2. The van der Waals surface area contributed by atoms with Gasteiger partial charge in [0.05, 0.1) is 11.0 Å². The van der Waals surface area contributed by atoms with E-state index in [-0.39, 0.29) is 0 Å². The molecule has 0 radical (unpaired) electrons. The summed E-state index contributed by atoms with van der Waals surface area (Å²) in [7, 11) is 0. The highest BCUT2D eigenvalue weighted by molar-refractivity contribution is 6.31. The Balaban J connectivity index is 2.28. The molecule has 2 N–H and O–H groups in total. The van der Waals surface area contributed by atoms with Crippen molar-refractivity contribution in [1.82, 2.24) is 9.55 Å². The fourth-order valence-corrected chi connectivity index (χ4v) is 2.80. The van der Waals surface area contributed by atoms with Gasteiger partial charge in [0.15, 0.2) is 0 Å². The van der Waals surface area contributed by atoms with Crippen LogP contribution in [0.25, 0.3) is 22.4 Å². The van der Waals surface area contributed by atoms with E-state index < -0.39 is 0 Å². The third kappa shape index (κ3) is 2.55. The van der Waals surface area contributed by atoms with Gasteiger partial charge >= 0.3 is 0 Å². The second-order valence-electron chi connectivity index (χ2n) is 5.44. The number of aromatic nitrogens is 2. The molecule has 0 aliphatic heterocycles. The summed E-state index contributed by atoms with van der Waals surface area (Å²) < 4.78 is 2.22. The monoisotopic (exact) mass is 299 g/mol. The van der Waals surface area contributed by atoms with Gasteiger partial charge in [-0.25, -0.2) is 4.98 Å². The van der Waals surface area contributed by atoms with Crippen LogP contribution in [0.1, 0.15) is 25.5 Å². The smallest absolute Gasteiger partial charge is 0.141 e. The lowest BCUT2D eigenvalue weighted by Gasteiger charge is -2.13. The summed E-state index contributed by atoms with van der Waals surface area (Å²) in [5, 5.41) is 0.728. The van der Waals surface area contributed by atoms with Gasteiger partial charge in [-0.05, 0) is 43.7 Å². The van der Waals surface area contributed by atoms with Crippen LogP contribution in [0.2, 0.25) is 5.02 Å². The molecule has 0 aliphatic rings. The van der Waals surface area contributed by atoms with Gasteiger partial charge in [-0.2, -0.15) is 0 Å².